The molecule has 2 aromatic rings. The summed E-state index contributed by atoms with van der Waals surface area (Å²) >= 11 is 1.60. The van der Waals surface area contributed by atoms with E-state index in [4.69, 9.17) is 4.74 Å². The molecule has 7 heteroatoms. The number of nitrogens with zero attached hydrogens (tertiary/aromatic N) is 3. The monoisotopic (exact) mass is 347 g/mol. The number of benzene rings is 1. The molecule has 0 unspecified atom stereocenters. The van der Waals surface area contributed by atoms with Crippen molar-refractivity contribution in [3.05, 3.63) is 47.2 Å². The van der Waals surface area contributed by atoms with Crippen LogP contribution in [0.15, 0.2) is 35.9 Å². The zero-order chi connectivity index (χ0) is 16.9. The van der Waals surface area contributed by atoms with Crippen molar-refractivity contribution in [2.45, 2.75) is 0 Å². The zero-order valence-corrected chi connectivity index (χ0v) is 14.1. The molecule has 0 saturated carbocycles. The first-order chi connectivity index (χ1) is 11.7. The largest absolute Gasteiger partial charge is 0.494 e. The SMILES string of the molecule is COc1ccc(C=CC(=O)N2CCN(c3nccs3)CC2)cc1F. The topological polar surface area (TPSA) is 45.7 Å². The van der Waals surface area contributed by atoms with Crippen molar-refractivity contribution in [2.75, 3.05) is 38.2 Å². The van der Waals surface area contributed by atoms with Crippen LogP contribution < -0.4 is 9.64 Å². The second-order valence-corrected chi connectivity index (χ2v) is 6.23. The van der Waals surface area contributed by atoms with E-state index in [2.05, 4.69) is 9.88 Å². The van der Waals surface area contributed by atoms with E-state index < -0.39 is 5.82 Å². The molecule has 1 amide bonds. The van der Waals surface area contributed by atoms with Crippen molar-refractivity contribution in [1.29, 1.82) is 0 Å². The first-order valence-electron chi connectivity index (χ1n) is 7.62. The number of carbonyl (C=O) groups excluding carboxylic acids is 1. The molecule has 24 heavy (non-hydrogen) atoms. The third-order valence-corrected chi connectivity index (χ3v) is 4.71. The summed E-state index contributed by atoms with van der Waals surface area (Å²) in [5.74, 6) is -0.314. The van der Waals surface area contributed by atoms with E-state index in [0.29, 0.717) is 18.7 Å². The van der Waals surface area contributed by atoms with Crippen molar-refractivity contribution >= 4 is 28.5 Å². The average molecular weight is 347 g/mol. The molecule has 1 saturated heterocycles. The summed E-state index contributed by atoms with van der Waals surface area (Å²) in [7, 11) is 1.42. The molecule has 0 aliphatic carbocycles. The summed E-state index contributed by atoms with van der Waals surface area (Å²) in [5, 5.41) is 2.94. The lowest BCUT2D eigenvalue weighted by molar-refractivity contribution is -0.126. The molecular formula is C17H18FN3O2S. The highest BCUT2D eigenvalue weighted by Crippen LogP contribution is 2.20. The van der Waals surface area contributed by atoms with Crippen LogP contribution in [0.1, 0.15) is 5.56 Å². The maximum Gasteiger partial charge on any atom is 0.246 e. The van der Waals surface area contributed by atoms with Crippen LogP contribution in [0, 0.1) is 5.82 Å². The Labute approximate surface area is 144 Å². The highest BCUT2D eigenvalue weighted by atomic mass is 32.1. The number of hydrogen-bond acceptors (Lipinski definition) is 5. The molecule has 1 aromatic carbocycles. The number of aromatic nitrogens is 1. The normalized spacial score (nSPS) is 15.1. The lowest BCUT2D eigenvalue weighted by Crippen LogP contribution is -2.48. The lowest BCUT2D eigenvalue weighted by Gasteiger charge is -2.34. The highest BCUT2D eigenvalue weighted by Gasteiger charge is 2.20. The Morgan fingerprint density at radius 1 is 1.33 bits per heavy atom. The van der Waals surface area contributed by atoms with E-state index in [0.717, 1.165) is 18.2 Å². The number of anilines is 1. The van der Waals surface area contributed by atoms with Gasteiger partial charge in [-0.05, 0) is 23.8 Å². The zero-order valence-electron chi connectivity index (χ0n) is 13.3. The van der Waals surface area contributed by atoms with E-state index in [9.17, 15) is 9.18 Å². The minimum Gasteiger partial charge on any atom is -0.494 e. The summed E-state index contributed by atoms with van der Waals surface area (Å²) < 4.78 is 18.5. The van der Waals surface area contributed by atoms with Gasteiger partial charge in [0.15, 0.2) is 16.7 Å². The average Bonchev–Trinajstić information content (AvgIpc) is 3.14. The number of thiazole rings is 1. The molecule has 2 heterocycles. The van der Waals surface area contributed by atoms with Crippen molar-refractivity contribution in [3.63, 3.8) is 0 Å². The molecule has 5 nitrogen and oxygen atoms in total. The summed E-state index contributed by atoms with van der Waals surface area (Å²) in [6.07, 6.45) is 4.90. The van der Waals surface area contributed by atoms with Crippen LogP contribution in [0.25, 0.3) is 6.08 Å². The minimum absolute atomic E-state index is 0.0648. The molecule has 0 radical (unpaired) electrons. The van der Waals surface area contributed by atoms with E-state index in [1.54, 1.807) is 40.6 Å². The van der Waals surface area contributed by atoms with Gasteiger partial charge in [-0.1, -0.05) is 6.07 Å². The van der Waals surface area contributed by atoms with Gasteiger partial charge in [0.2, 0.25) is 5.91 Å². The number of hydrogen-bond donors (Lipinski definition) is 0. The smallest absolute Gasteiger partial charge is 0.246 e. The second kappa shape index (κ2) is 7.44. The summed E-state index contributed by atoms with van der Waals surface area (Å²) in [5.41, 5.74) is 0.628. The molecule has 0 spiro atoms. The van der Waals surface area contributed by atoms with Crippen molar-refractivity contribution in [2.24, 2.45) is 0 Å². The third-order valence-electron chi connectivity index (χ3n) is 3.88. The van der Waals surface area contributed by atoms with Gasteiger partial charge in [0, 0.05) is 43.8 Å². The lowest BCUT2D eigenvalue weighted by atomic mass is 10.2. The fraction of sp³-hybridized carbons (Fsp3) is 0.294. The standard InChI is InChI=1S/C17H18FN3O2S/c1-23-15-4-2-13(12-14(15)18)3-5-16(22)20-7-9-21(10-8-20)17-19-6-11-24-17/h2-6,11-12H,7-10H2,1H3. The van der Waals surface area contributed by atoms with Gasteiger partial charge >= 0.3 is 0 Å². The number of carbonyl (C=O) groups is 1. The second-order valence-electron chi connectivity index (χ2n) is 5.35. The minimum atomic E-state index is -0.441. The van der Waals surface area contributed by atoms with Crippen LogP contribution >= 0.6 is 11.3 Å². The van der Waals surface area contributed by atoms with Gasteiger partial charge in [0.25, 0.3) is 0 Å². The summed E-state index contributed by atoms with van der Waals surface area (Å²) in [4.78, 5) is 20.5. The van der Waals surface area contributed by atoms with E-state index in [1.165, 1.54) is 19.3 Å². The van der Waals surface area contributed by atoms with E-state index in [1.807, 2.05) is 5.38 Å². The first kappa shape index (κ1) is 16.4. The van der Waals surface area contributed by atoms with Gasteiger partial charge in [-0.15, -0.1) is 11.3 Å². The van der Waals surface area contributed by atoms with Crippen LogP contribution in [0.2, 0.25) is 0 Å². The predicted molar refractivity (Wildman–Crippen MR) is 92.9 cm³/mol. The number of amides is 1. The van der Waals surface area contributed by atoms with Gasteiger partial charge in [-0.3, -0.25) is 4.79 Å². The van der Waals surface area contributed by atoms with Crippen molar-refractivity contribution in [1.82, 2.24) is 9.88 Å². The molecular weight excluding hydrogens is 329 g/mol. The molecule has 0 bridgehead atoms. The maximum atomic E-state index is 13.6. The molecule has 1 aromatic heterocycles. The molecule has 0 atom stereocenters. The van der Waals surface area contributed by atoms with Crippen LogP contribution in [0.4, 0.5) is 9.52 Å². The molecule has 0 N–H and O–H groups in total. The van der Waals surface area contributed by atoms with E-state index in [-0.39, 0.29) is 11.7 Å². The van der Waals surface area contributed by atoms with Crippen molar-refractivity contribution < 1.29 is 13.9 Å². The molecule has 1 aliphatic heterocycles. The molecule has 3 rings (SSSR count). The number of piperazine rings is 1. The maximum absolute atomic E-state index is 13.6. The van der Waals surface area contributed by atoms with E-state index >= 15 is 0 Å². The van der Waals surface area contributed by atoms with Crippen LogP contribution in [-0.4, -0.2) is 49.1 Å². The van der Waals surface area contributed by atoms with Crippen molar-refractivity contribution in [3.8, 4) is 5.75 Å². The Kier molecular flexibility index (Phi) is 5.10. The number of ether oxygens (including phenoxy) is 1. The van der Waals surface area contributed by atoms with Gasteiger partial charge in [-0.2, -0.15) is 0 Å². The van der Waals surface area contributed by atoms with Gasteiger partial charge in [-0.25, -0.2) is 9.37 Å². The van der Waals surface area contributed by atoms with Crippen LogP contribution in [-0.2, 0) is 4.79 Å². The number of halogens is 1. The predicted octanol–water partition coefficient (Wildman–Crippen LogP) is 2.65. The van der Waals surface area contributed by atoms with Gasteiger partial charge in [0.05, 0.1) is 7.11 Å². The van der Waals surface area contributed by atoms with Crippen LogP contribution in [0.3, 0.4) is 0 Å². The van der Waals surface area contributed by atoms with Crippen LogP contribution in [0.5, 0.6) is 5.75 Å². The molecule has 126 valence electrons. The summed E-state index contributed by atoms with van der Waals surface area (Å²) in [6.45, 7) is 2.84. The Morgan fingerprint density at radius 2 is 2.12 bits per heavy atom. The fourth-order valence-corrected chi connectivity index (χ4v) is 3.25. The Hall–Kier alpha value is -2.41. The third kappa shape index (κ3) is 3.73. The molecule has 1 fully saturated rings. The number of rotatable bonds is 4. The molecule has 1 aliphatic rings. The summed E-state index contributed by atoms with van der Waals surface area (Å²) in [6, 6.07) is 4.61. The van der Waals surface area contributed by atoms with Gasteiger partial charge in [0.1, 0.15) is 0 Å². The fourth-order valence-electron chi connectivity index (χ4n) is 2.55. The van der Waals surface area contributed by atoms with Gasteiger partial charge < -0.3 is 14.5 Å². The quantitative estimate of drug-likeness (QED) is 0.798. The number of methoxy groups -OCH3 is 1. The Morgan fingerprint density at radius 3 is 2.75 bits per heavy atom. The first-order valence-corrected chi connectivity index (χ1v) is 8.50. The Balaban J connectivity index is 1.56. The highest BCUT2D eigenvalue weighted by molar-refractivity contribution is 7.13. The Bertz CT molecular complexity index is 725.